The van der Waals surface area contributed by atoms with Crippen LogP contribution in [0.3, 0.4) is 0 Å². The zero-order valence-corrected chi connectivity index (χ0v) is 34.8. The van der Waals surface area contributed by atoms with Gasteiger partial charge in [0.1, 0.15) is 6.10 Å². The summed E-state index contributed by atoms with van der Waals surface area (Å²) in [7, 11) is 0. The maximum absolute atomic E-state index is 14.5. The van der Waals surface area contributed by atoms with Crippen molar-refractivity contribution in [3.05, 3.63) is 11.6 Å². The Hall–Kier alpha value is -1.85. The molecule has 0 radical (unpaired) electrons. The Labute approximate surface area is 306 Å². The standard InChI is InChI=1S/C42H68O6.C2H6/c1-14-40-24-23-38(12)37(11)22-25-41(34(45)48-31(7)46-29(5)43)20-16-27(3)28(4)39(41,13)32(37)17-21-42(38,15-2)36(10,26-40)19-18-33(35(40,8)9)47-30(6)44;1-2/h17,27-28,31,33H,14-16,18-26H2,1-13H3;1-2H3/t27-,28+,31?,33+,36+,37-,38+,39+,40-,41-,42-;/m1./s1. The molecule has 6 heteroatoms. The largest absolute Gasteiger partial charge is 0.462 e. The van der Waals surface area contributed by atoms with Crippen LogP contribution in [-0.2, 0) is 28.6 Å². The molecule has 0 heterocycles. The highest BCUT2D eigenvalue weighted by molar-refractivity contribution is 5.80. The monoisotopic (exact) mass is 699 g/mol. The lowest BCUT2D eigenvalue weighted by atomic mass is 9.30. The molecule has 0 N–H and O–H groups in total. The topological polar surface area (TPSA) is 78.9 Å². The van der Waals surface area contributed by atoms with Gasteiger partial charge in [-0.1, -0.05) is 94.7 Å². The summed E-state index contributed by atoms with van der Waals surface area (Å²) >= 11 is 0. The Bertz CT molecular complexity index is 1350. The molecule has 0 aromatic heterocycles. The van der Waals surface area contributed by atoms with E-state index in [4.69, 9.17) is 14.2 Å². The highest BCUT2D eigenvalue weighted by Gasteiger charge is 2.76. The van der Waals surface area contributed by atoms with Crippen LogP contribution >= 0.6 is 0 Å². The second-order valence-corrected chi connectivity index (χ2v) is 18.8. The summed E-state index contributed by atoms with van der Waals surface area (Å²) in [5.41, 5.74) is 0.357. The first-order valence-electron chi connectivity index (χ1n) is 20.4. The molecule has 0 aliphatic heterocycles. The molecule has 0 spiro atoms. The molecule has 2 bridgehead atoms. The van der Waals surface area contributed by atoms with Crippen molar-refractivity contribution < 1.29 is 28.6 Å². The zero-order valence-electron chi connectivity index (χ0n) is 34.8. The van der Waals surface area contributed by atoms with E-state index in [9.17, 15) is 14.4 Å². The van der Waals surface area contributed by atoms with Crippen LogP contribution in [0.5, 0.6) is 0 Å². The van der Waals surface area contributed by atoms with Crippen molar-refractivity contribution in [3.63, 3.8) is 0 Å². The summed E-state index contributed by atoms with van der Waals surface area (Å²) in [4.78, 5) is 38.7. The quantitative estimate of drug-likeness (QED) is 0.156. The van der Waals surface area contributed by atoms with Gasteiger partial charge in [-0.05, 0) is 116 Å². The van der Waals surface area contributed by atoms with Gasteiger partial charge in [0.15, 0.2) is 0 Å². The molecule has 5 aliphatic carbocycles. The molecule has 1 unspecified atom stereocenters. The summed E-state index contributed by atoms with van der Waals surface area (Å²) in [5, 5.41) is 0. The minimum absolute atomic E-state index is 0.000630. The van der Waals surface area contributed by atoms with Crippen LogP contribution in [0.25, 0.3) is 0 Å². The van der Waals surface area contributed by atoms with Gasteiger partial charge >= 0.3 is 17.9 Å². The van der Waals surface area contributed by atoms with E-state index < -0.39 is 17.7 Å². The van der Waals surface area contributed by atoms with E-state index in [1.165, 1.54) is 12.5 Å². The lowest BCUT2D eigenvalue weighted by Crippen LogP contribution is -2.67. The number of hydrogen-bond donors (Lipinski definition) is 0. The highest BCUT2D eigenvalue weighted by atomic mass is 16.7. The predicted octanol–water partition coefficient (Wildman–Crippen LogP) is 11.4. The van der Waals surface area contributed by atoms with Crippen molar-refractivity contribution in [2.24, 2.45) is 55.2 Å². The van der Waals surface area contributed by atoms with E-state index in [-0.39, 0.29) is 55.9 Å². The van der Waals surface area contributed by atoms with Crippen molar-refractivity contribution in [2.45, 2.75) is 193 Å². The van der Waals surface area contributed by atoms with E-state index in [0.29, 0.717) is 11.8 Å². The van der Waals surface area contributed by atoms with Gasteiger partial charge in [-0.25, -0.2) is 0 Å². The van der Waals surface area contributed by atoms with Crippen LogP contribution in [0.1, 0.15) is 181 Å². The average molecular weight is 699 g/mol. The molecule has 286 valence electrons. The third kappa shape index (κ3) is 5.31. The fourth-order valence-corrected chi connectivity index (χ4v) is 14.1. The Balaban J connectivity index is 0.00000276. The lowest BCUT2D eigenvalue weighted by molar-refractivity contribution is -0.219. The first-order valence-corrected chi connectivity index (χ1v) is 20.4. The summed E-state index contributed by atoms with van der Waals surface area (Å²) in [5.74, 6) is -0.0252. The molecule has 4 fully saturated rings. The molecular weight excluding hydrogens is 624 g/mol. The van der Waals surface area contributed by atoms with Crippen molar-refractivity contribution in [2.75, 3.05) is 0 Å². The summed E-state index contributed by atoms with van der Waals surface area (Å²) in [6, 6.07) is 0. The summed E-state index contributed by atoms with van der Waals surface area (Å²) in [6.45, 7) is 33.2. The van der Waals surface area contributed by atoms with Crippen molar-refractivity contribution in [3.8, 4) is 0 Å². The van der Waals surface area contributed by atoms with E-state index in [2.05, 4.69) is 75.3 Å². The van der Waals surface area contributed by atoms with Gasteiger partial charge in [0, 0.05) is 31.6 Å². The Morgan fingerprint density at radius 2 is 1.46 bits per heavy atom. The van der Waals surface area contributed by atoms with Gasteiger partial charge in [-0.15, -0.1) is 0 Å². The smallest absolute Gasteiger partial charge is 0.316 e. The first-order chi connectivity index (χ1) is 23.1. The number of hydrogen-bond acceptors (Lipinski definition) is 6. The Kier molecular flexibility index (Phi) is 11.1. The van der Waals surface area contributed by atoms with Crippen LogP contribution in [0.2, 0.25) is 0 Å². The molecule has 0 aromatic rings. The Morgan fingerprint density at radius 1 is 0.820 bits per heavy atom. The number of allylic oxidation sites excluding steroid dienone is 2. The number of fused-ring (bicyclic) bond motifs is 8. The van der Waals surface area contributed by atoms with Gasteiger partial charge in [0.25, 0.3) is 0 Å². The van der Waals surface area contributed by atoms with Crippen LogP contribution in [0, 0.1) is 55.2 Å². The molecule has 0 amide bonds. The van der Waals surface area contributed by atoms with E-state index in [1.54, 1.807) is 13.8 Å². The van der Waals surface area contributed by atoms with Crippen molar-refractivity contribution in [1.82, 2.24) is 0 Å². The van der Waals surface area contributed by atoms with Crippen molar-refractivity contribution in [1.29, 1.82) is 0 Å². The van der Waals surface area contributed by atoms with E-state index >= 15 is 0 Å². The summed E-state index contributed by atoms with van der Waals surface area (Å²) in [6.07, 6.45) is 13.7. The van der Waals surface area contributed by atoms with Crippen LogP contribution in [0.4, 0.5) is 0 Å². The molecule has 5 aliphatic rings. The van der Waals surface area contributed by atoms with Crippen molar-refractivity contribution >= 4 is 17.9 Å². The molecule has 11 atom stereocenters. The second kappa shape index (κ2) is 13.5. The van der Waals surface area contributed by atoms with E-state index in [0.717, 1.165) is 77.0 Å². The number of esters is 3. The van der Waals surface area contributed by atoms with Crippen LogP contribution in [0.15, 0.2) is 11.6 Å². The highest BCUT2D eigenvalue weighted by Crippen LogP contribution is 2.82. The number of carbonyl (C=O) groups is 3. The fraction of sp³-hybridized carbons (Fsp3) is 0.886. The number of carbonyl (C=O) groups excluding carboxylic acids is 3. The predicted molar refractivity (Wildman–Crippen MR) is 201 cm³/mol. The molecular formula is C44H74O6. The SMILES string of the molecule is CC.CC[C@]12CC[C@]3(C)[C@](CC)(CC=C4[C@@]3(C)CC[C@@]3(C(=O)OC(C)OC(C)=O)CC[C@@H](C)[C@H](C)[C@@]43C)[C@@](C)(CC[C@H](OC(C)=O)C1(C)C)C2. The van der Waals surface area contributed by atoms with Crippen LogP contribution in [-0.4, -0.2) is 30.3 Å². The fourth-order valence-electron chi connectivity index (χ4n) is 14.1. The number of rotatable bonds is 6. The van der Waals surface area contributed by atoms with Gasteiger partial charge in [-0.3, -0.25) is 14.4 Å². The van der Waals surface area contributed by atoms with Gasteiger partial charge in [0.2, 0.25) is 6.29 Å². The first kappa shape index (κ1) is 40.9. The molecule has 6 nitrogen and oxygen atoms in total. The van der Waals surface area contributed by atoms with E-state index in [1.807, 2.05) is 13.8 Å². The minimum Gasteiger partial charge on any atom is -0.462 e. The minimum atomic E-state index is -0.906. The normalized spacial score (nSPS) is 45.3. The van der Waals surface area contributed by atoms with Crippen LogP contribution < -0.4 is 0 Å². The summed E-state index contributed by atoms with van der Waals surface area (Å²) < 4.78 is 17.6. The van der Waals surface area contributed by atoms with Gasteiger partial charge < -0.3 is 14.2 Å². The second-order valence-electron chi connectivity index (χ2n) is 18.8. The zero-order chi connectivity index (χ0) is 37.9. The molecule has 50 heavy (non-hydrogen) atoms. The number of ether oxygens (including phenoxy) is 3. The third-order valence-corrected chi connectivity index (χ3v) is 17.6. The average Bonchev–Trinajstić information content (AvgIpc) is 3.19. The molecule has 0 aromatic carbocycles. The molecule has 4 saturated carbocycles. The third-order valence-electron chi connectivity index (χ3n) is 17.6. The van der Waals surface area contributed by atoms with Gasteiger partial charge in [0.05, 0.1) is 5.41 Å². The molecule has 5 rings (SSSR count). The maximum Gasteiger partial charge on any atom is 0.316 e. The van der Waals surface area contributed by atoms with Gasteiger partial charge in [-0.2, -0.15) is 0 Å². The molecule has 0 saturated heterocycles. The Morgan fingerprint density at radius 3 is 2.02 bits per heavy atom. The lowest BCUT2D eigenvalue weighted by Gasteiger charge is -2.73. The maximum atomic E-state index is 14.5.